The molecule has 0 fully saturated rings. The number of aromatic nitrogens is 2. The van der Waals surface area contributed by atoms with Crippen LogP contribution < -0.4 is 20.3 Å². The molecular weight excluding hydrogens is 438 g/mol. The Bertz CT molecular complexity index is 1420. The van der Waals surface area contributed by atoms with E-state index in [0.29, 0.717) is 46.5 Å². The number of carbonyl (C=O) groups excluding carboxylic acids is 1. The van der Waals surface area contributed by atoms with Gasteiger partial charge in [-0.3, -0.25) is 14.2 Å². The fourth-order valence-electron chi connectivity index (χ4n) is 3.68. The molecule has 1 aliphatic heterocycles. The number of hydrogen-bond donors (Lipinski definition) is 1. The summed E-state index contributed by atoms with van der Waals surface area (Å²) < 4.78 is 12.7. The summed E-state index contributed by atoms with van der Waals surface area (Å²) in [6.07, 6.45) is 0. The Kier molecular flexibility index (Phi) is 5.75. The summed E-state index contributed by atoms with van der Waals surface area (Å²) in [5.74, 6) is 1.15. The van der Waals surface area contributed by atoms with Gasteiger partial charge in [-0.1, -0.05) is 42.1 Å². The Hall–Kier alpha value is -3.78. The summed E-state index contributed by atoms with van der Waals surface area (Å²) in [7, 11) is 0. The van der Waals surface area contributed by atoms with E-state index >= 15 is 0 Å². The van der Waals surface area contributed by atoms with E-state index in [-0.39, 0.29) is 17.2 Å². The Morgan fingerprint density at radius 3 is 2.64 bits per heavy atom. The van der Waals surface area contributed by atoms with Crippen molar-refractivity contribution in [1.29, 1.82) is 0 Å². The van der Waals surface area contributed by atoms with Crippen molar-refractivity contribution in [1.82, 2.24) is 9.55 Å². The number of carbonyl (C=O) groups is 1. The summed E-state index contributed by atoms with van der Waals surface area (Å²) in [5, 5.41) is 3.87. The molecule has 0 aliphatic carbocycles. The lowest BCUT2D eigenvalue weighted by molar-refractivity contribution is -0.113. The monoisotopic (exact) mass is 459 g/mol. The summed E-state index contributed by atoms with van der Waals surface area (Å²) in [5.41, 5.74) is 2.74. The number of amides is 1. The van der Waals surface area contributed by atoms with E-state index in [2.05, 4.69) is 5.32 Å². The molecule has 1 N–H and O–H groups in total. The van der Waals surface area contributed by atoms with Gasteiger partial charge in [-0.15, -0.1) is 0 Å². The van der Waals surface area contributed by atoms with Crippen molar-refractivity contribution < 1.29 is 14.3 Å². The molecule has 0 saturated carbocycles. The van der Waals surface area contributed by atoms with Crippen LogP contribution in [0.15, 0.2) is 76.7 Å². The van der Waals surface area contributed by atoms with Crippen molar-refractivity contribution >= 4 is 34.3 Å². The van der Waals surface area contributed by atoms with E-state index in [0.717, 1.165) is 11.3 Å². The van der Waals surface area contributed by atoms with Crippen molar-refractivity contribution in [2.45, 2.75) is 12.1 Å². The van der Waals surface area contributed by atoms with Gasteiger partial charge in [0.25, 0.3) is 5.56 Å². The third-order valence-electron chi connectivity index (χ3n) is 5.26. The molecule has 4 aromatic rings. The fourth-order valence-corrected chi connectivity index (χ4v) is 4.49. The van der Waals surface area contributed by atoms with Crippen LogP contribution in [0.5, 0.6) is 11.5 Å². The fraction of sp³-hybridized carbons (Fsp3) is 0.160. The number of fused-ring (bicyclic) bond motifs is 2. The highest BCUT2D eigenvalue weighted by atomic mass is 32.2. The number of para-hydroxylation sites is 2. The van der Waals surface area contributed by atoms with Crippen LogP contribution in [0.25, 0.3) is 16.6 Å². The lowest BCUT2D eigenvalue weighted by Gasteiger charge is -2.19. The Labute approximate surface area is 194 Å². The highest BCUT2D eigenvalue weighted by molar-refractivity contribution is 7.99. The third kappa shape index (κ3) is 4.29. The van der Waals surface area contributed by atoms with E-state index < -0.39 is 0 Å². The topological polar surface area (TPSA) is 82.5 Å². The first-order chi connectivity index (χ1) is 16.1. The molecule has 33 heavy (non-hydrogen) atoms. The van der Waals surface area contributed by atoms with Crippen LogP contribution in [0, 0.1) is 6.92 Å². The minimum Gasteiger partial charge on any atom is -0.486 e. The van der Waals surface area contributed by atoms with Gasteiger partial charge < -0.3 is 14.8 Å². The molecule has 0 radical (unpaired) electrons. The van der Waals surface area contributed by atoms with E-state index in [9.17, 15) is 9.59 Å². The van der Waals surface area contributed by atoms with E-state index in [1.807, 2.05) is 43.3 Å². The van der Waals surface area contributed by atoms with Crippen LogP contribution in [0.2, 0.25) is 0 Å². The molecule has 0 spiro atoms. The lowest BCUT2D eigenvalue weighted by Crippen LogP contribution is -2.23. The number of thioether (sulfide) groups is 1. The molecule has 0 unspecified atom stereocenters. The zero-order valence-corrected chi connectivity index (χ0v) is 18.7. The standard InChI is InChI=1S/C25H21N3O4S/c1-16-6-2-5-9-20(16)28-24(30)18-7-3-4-8-19(18)27-25(28)33-15-23(29)26-17-10-11-21-22(14-17)32-13-12-31-21/h2-11,14H,12-13,15H2,1H3,(H,26,29). The Balaban J connectivity index is 1.43. The van der Waals surface area contributed by atoms with Gasteiger partial charge >= 0.3 is 0 Å². The maximum absolute atomic E-state index is 13.4. The second-order valence-electron chi connectivity index (χ2n) is 7.53. The molecule has 2 heterocycles. The maximum atomic E-state index is 13.4. The van der Waals surface area contributed by atoms with Gasteiger partial charge in [-0.2, -0.15) is 0 Å². The lowest BCUT2D eigenvalue weighted by atomic mass is 10.2. The normalized spacial score (nSPS) is 12.5. The Morgan fingerprint density at radius 1 is 1.03 bits per heavy atom. The number of aryl methyl sites for hydroxylation is 1. The molecule has 1 amide bonds. The van der Waals surface area contributed by atoms with Crippen LogP contribution in [0.3, 0.4) is 0 Å². The largest absolute Gasteiger partial charge is 0.486 e. The van der Waals surface area contributed by atoms with Gasteiger partial charge in [0.1, 0.15) is 13.2 Å². The highest BCUT2D eigenvalue weighted by Gasteiger charge is 2.17. The molecule has 5 rings (SSSR count). The van der Waals surface area contributed by atoms with Crippen molar-refractivity contribution in [2.75, 3.05) is 24.3 Å². The van der Waals surface area contributed by atoms with E-state index in [1.54, 1.807) is 34.9 Å². The highest BCUT2D eigenvalue weighted by Crippen LogP contribution is 2.32. The number of nitrogens with zero attached hydrogens (tertiary/aromatic N) is 2. The van der Waals surface area contributed by atoms with Crippen LogP contribution in [-0.4, -0.2) is 34.4 Å². The number of benzene rings is 3. The smallest absolute Gasteiger partial charge is 0.266 e. The molecular formula is C25H21N3O4S. The minimum absolute atomic E-state index is 0.0884. The van der Waals surface area contributed by atoms with Gasteiger partial charge in [-0.25, -0.2) is 4.98 Å². The van der Waals surface area contributed by atoms with Gasteiger partial charge in [0.15, 0.2) is 16.7 Å². The SMILES string of the molecule is Cc1ccccc1-n1c(SCC(=O)Nc2ccc3c(c2)OCCO3)nc2ccccc2c1=O. The van der Waals surface area contributed by atoms with Gasteiger partial charge in [0.2, 0.25) is 5.91 Å². The summed E-state index contributed by atoms with van der Waals surface area (Å²) in [6.45, 7) is 2.93. The molecule has 8 heteroatoms. The van der Waals surface area contributed by atoms with Gasteiger partial charge in [0, 0.05) is 11.8 Å². The molecule has 1 aromatic heterocycles. The molecule has 0 atom stereocenters. The number of hydrogen-bond acceptors (Lipinski definition) is 6. The van der Waals surface area contributed by atoms with Crippen molar-refractivity contribution in [3.05, 3.63) is 82.6 Å². The molecule has 3 aromatic carbocycles. The Morgan fingerprint density at radius 2 is 1.79 bits per heavy atom. The summed E-state index contributed by atoms with van der Waals surface area (Å²) >= 11 is 1.22. The quantitative estimate of drug-likeness (QED) is 0.356. The zero-order valence-electron chi connectivity index (χ0n) is 17.9. The van der Waals surface area contributed by atoms with Crippen LogP contribution in [-0.2, 0) is 4.79 Å². The average Bonchev–Trinajstić information content (AvgIpc) is 2.83. The maximum Gasteiger partial charge on any atom is 0.266 e. The summed E-state index contributed by atoms with van der Waals surface area (Å²) in [4.78, 5) is 30.8. The first-order valence-electron chi connectivity index (χ1n) is 10.5. The summed E-state index contributed by atoms with van der Waals surface area (Å²) in [6, 6.07) is 20.2. The first-order valence-corrected chi connectivity index (χ1v) is 11.5. The van der Waals surface area contributed by atoms with Crippen molar-refractivity contribution in [3.63, 3.8) is 0 Å². The predicted molar refractivity (Wildman–Crippen MR) is 129 cm³/mol. The van der Waals surface area contributed by atoms with Crippen molar-refractivity contribution in [2.24, 2.45) is 0 Å². The van der Waals surface area contributed by atoms with E-state index in [1.165, 1.54) is 11.8 Å². The number of ether oxygens (including phenoxy) is 2. The minimum atomic E-state index is -0.213. The van der Waals surface area contributed by atoms with Gasteiger partial charge in [0.05, 0.1) is 22.3 Å². The average molecular weight is 460 g/mol. The number of rotatable bonds is 5. The molecule has 0 saturated heterocycles. The second-order valence-corrected chi connectivity index (χ2v) is 8.48. The van der Waals surface area contributed by atoms with Crippen LogP contribution in [0.1, 0.15) is 5.56 Å². The number of nitrogens with one attached hydrogen (secondary N) is 1. The molecule has 166 valence electrons. The van der Waals surface area contributed by atoms with Crippen LogP contribution >= 0.6 is 11.8 Å². The third-order valence-corrected chi connectivity index (χ3v) is 6.20. The first kappa shape index (κ1) is 21.1. The van der Waals surface area contributed by atoms with Crippen molar-refractivity contribution in [3.8, 4) is 17.2 Å². The van der Waals surface area contributed by atoms with E-state index in [4.69, 9.17) is 14.5 Å². The number of anilines is 1. The predicted octanol–water partition coefficient (Wildman–Crippen LogP) is 4.20. The molecule has 0 bridgehead atoms. The van der Waals surface area contributed by atoms with Crippen LogP contribution in [0.4, 0.5) is 5.69 Å². The second kappa shape index (κ2) is 8.99. The molecule has 7 nitrogen and oxygen atoms in total. The molecule has 1 aliphatic rings. The zero-order chi connectivity index (χ0) is 22.8. The van der Waals surface area contributed by atoms with Gasteiger partial charge in [-0.05, 0) is 42.8 Å².